The van der Waals surface area contributed by atoms with E-state index in [0.717, 1.165) is 29.0 Å². The summed E-state index contributed by atoms with van der Waals surface area (Å²) < 4.78 is 13.5. The predicted molar refractivity (Wildman–Crippen MR) is 126 cm³/mol. The van der Waals surface area contributed by atoms with Gasteiger partial charge in [0, 0.05) is 22.9 Å². The lowest BCUT2D eigenvalue weighted by molar-refractivity contribution is -0.127. The first-order chi connectivity index (χ1) is 16.4. The third-order valence-electron chi connectivity index (χ3n) is 6.00. The van der Waals surface area contributed by atoms with Gasteiger partial charge < -0.3 is 15.5 Å². The van der Waals surface area contributed by atoms with Crippen molar-refractivity contribution >= 4 is 34.2 Å². The number of nitrogens with one attached hydrogen (secondary N) is 2. The summed E-state index contributed by atoms with van der Waals surface area (Å²) in [6.45, 7) is 1.60. The van der Waals surface area contributed by atoms with Gasteiger partial charge in [0.25, 0.3) is 5.91 Å². The summed E-state index contributed by atoms with van der Waals surface area (Å²) in [5.74, 6) is -1.21. The number of carbonyl (C=O) groups is 3. The van der Waals surface area contributed by atoms with Gasteiger partial charge in [0.2, 0.25) is 11.8 Å². The van der Waals surface area contributed by atoms with E-state index in [1.165, 1.54) is 23.5 Å². The van der Waals surface area contributed by atoms with E-state index >= 15 is 0 Å². The highest BCUT2D eigenvalue weighted by atomic mass is 32.1. The Bertz CT molecular complexity index is 1290. The molecule has 2 aliphatic rings. The molecule has 1 aliphatic carbocycles. The lowest BCUT2D eigenvalue weighted by atomic mass is 10.0. The van der Waals surface area contributed by atoms with Crippen molar-refractivity contribution in [3.05, 3.63) is 81.6 Å². The Balaban J connectivity index is 1.21. The molecule has 34 heavy (non-hydrogen) atoms. The van der Waals surface area contributed by atoms with Gasteiger partial charge in [-0.3, -0.25) is 14.4 Å². The molecule has 0 radical (unpaired) electrons. The highest BCUT2D eigenvalue weighted by Crippen LogP contribution is 2.41. The molecule has 2 aromatic carbocycles. The van der Waals surface area contributed by atoms with Gasteiger partial charge >= 0.3 is 0 Å². The van der Waals surface area contributed by atoms with Crippen LogP contribution in [0, 0.1) is 12.7 Å². The minimum Gasteiger partial charge on any atom is -0.345 e. The molecule has 1 saturated carbocycles. The van der Waals surface area contributed by atoms with E-state index in [0.29, 0.717) is 22.7 Å². The second kappa shape index (κ2) is 8.98. The van der Waals surface area contributed by atoms with Crippen molar-refractivity contribution in [1.82, 2.24) is 15.2 Å². The van der Waals surface area contributed by atoms with Crippen molar-refractivity contribution in [3.8, 4) is 0 Å². The minimum atomic E-state index is -0.719. The fraction of sp³-hybridized carbons (Fsp3) is 0.280. The molecular formula is C25H23FN4O3S. The van der Waals surface area contributed by atoms with Gasteiger partial charge in [-0.05, 0) is 49.1 Å². The highest BCUT2D eigenvalue weighted by Gasteiger charge is 2.47. The molecule has 1 unspecified atom stereocenters. The summed E-state index contributed by atoms with van der Waals surface area (Å²) in [4.78, 5) is 45.3. The SMILES string of the molecule is Cc1nc(NC(=O)CNC(=O)C2c3ccccc3C(=O)N2C2CC2)sc1Cc1cccc(F)c1. The van der Waals surface area contributed by atoms with Gasteiger partial charge in [-0.15, -0.1) is 11.3 Å². The maximum atomic E-state index is 13.5. The monoisotopic (exact) mass is 478 g/mol. The highest BCUT2D eigenvalue weighted by molar-refractivity contribution is 7.15. The first kappa shape index (κ1) is 22.2. The van der Waals surface area contributed by atoms with Crippen molar-refractivity contribution in [2.75, 3.05) is 11.9 Å². The number of thiazole rings is 1. The van der Waals surface area contributed by atoms with Crippen LogP contribution in [0.4, 0.5) is 9.52 Å². The van der Waals surface area contributed by atoms with Crippen LogP contribution >= 0.6 is 11.3 Å². The number of fused-ring (bicyclic) bond motifs is 1. The normalized spacial score (nSPS) is 16.9. The average molecular weight is 479 g/mol. The molecule has 1 atom stereocenters. The molecular weight excluding hydrogens is 455 g/mol. The van der Waals surface area contributed by atoms with E-state index < -0.39 is 11.9 Å². The molecule has 1 aliphatic heterocycles. The second-order valence-corrected chi connectivity index (χ2v) is 9.62. The van der Waals surface area contributed by atoms with Crippen LogP contribution in [0.15, 0.2) is 48.5 Å². The Morgan fingerprint density at radius 2 is 1.97 bits per heavy atom. The third-order valence-corrected chi connectivity index (χ3v) is 7.08. The number of nitrogens with zero attached hydrogens (tertiary/aromatic N) is 2. The zero-order valence-electron chi connectivity index (χ0n) is 18.5. The molecule has 5 rings (SSSR count). The van der Waals surface area contributed by atoms with E-state index in [1.807, 2.05) is 19.1 Å². The lowest BCUT2D eigenvalue weighted by Crippen LogP contribution is -2.42. The molecule has 2 N–H and O–H groups in total. The molecule has 0 saturated heterocycles. The Morgan fingerprint density at radius 1 is 1.18 bits per heavy atom. The van der Waals surface area contributed by atoms with Gasteiger partial charge in [0.1, 0.15) is 11.9 Å². The number of anilines is 1. The maximum Gasteiger partial charge on any atom is 0.255 e. The number of carbonyl (C=O) groups excluding carboxylic acids is 3. The number of amides is 3. The number of aryl methyl sites for hydroxylation is 1. The van der Waals surface area contributed by atoms with Crippen molar-refractivity contribution in [2.45, 2.75) is 38.3 Å². The molecule has 0 bridgehead atoms. The van der Waals surface area contributed by atoms with E-state index in [-0.39, 0.29) is 30.2 Å². The average Bonchev–Trinajstić information content (AvgIpc) is 3.53. The lowest BCUT2D eigenvalue weighted by Gasteiger charge is -2.24. The van der Waals surface area contributed by atoms with Crippen LogP contribution < -0.4 is 10.6 Å². The van der Waals surface area contributed by atoms with Crippen LogP contribution in [0.1, 0.15) is 50.9 Å². The molecule has 9 heteroatoms. The van der Waals surface area contributed by atoms with E-state index in [2.05, 4.69) is 15.6 Å². The van der Waals surface area contributed by atoms with Crippen molar-refractivity contribution in [3.63, 3.8) is 0 Å². The molecule has 3 amide bonds. The second-order valence-electron chi connectivity index (χ2n) is 8.53. The Labute approximate surface area is 200 Å². The van der Waals surface area contributed by atoms with Crippen molar-refractivity contribution in [2.24, 2.45) is 0 Å². The summed E-state index contributed by atoms with van der Waals surface area (Å²) in [6, 6.07) is 12.8. The molecule has 0 spiro atoms. The first-order valence-electron chi connectivity index (χ1n) is 11.1. The quantitative estimate of drug-likeness (QED) is 0.543. The largest absolute Gasteiger partial charge is 0.345 e. The maximum absolute atomic E-state index is 13.5. The Hall–Kier alpha value is -3.59. The number of halogens is 1. The Kier molecular flexibility index (Phi) is 5.87. The van der Waals surface area contributed by atoms with E-state index in [9.17, 15) is 18.8 Å². The molecule has 174 valence electrons. The fourth-order valence-corrected chi connectivity index (χ4v) is 5.25. The van der Waals surface area contributed by atoms with E-state index in [4.69, 9.17) is 0 Å². The number of benzene rings is 2. The van der Waals surface area contributed by atoms with Crippen LogP contribution in [0.25, 0.3) is 0 Å². The summed E-state index contributed by atoms with van der Waals surface area (Å²) in [5.41, 5.74) is 2.80. The van der Waals surface area contributed by atoms with Gasteiger partial charge in [0.15, 0.2) is 5.13 Å². The van der Waals surface area contributed by atoms with Crippen LogP contribution in [0.2, 0.25) is 0 Å². The number of rotatable bonds is 7. The molecule has 3 aromatic rings. The zero-order chi connectivity index (χ0) is 23.8. The standard InChI is InChI=1S/C25H23FN4O3S/c1-14-20(12-15-5-4-6-16(26)11-15)34-25(28-14)29-21(31)13-27-23(32)22-18-7-2-3-8-19(18)24(33)30(22)17-9-10-17/h2-8,11,17,22H,9-10,12-13H2,1H3,(H,27,32)(H,28,29,31). The molecule has 1 fully saturated rings. The molecule has 1 aromatic heterocycles. The van der Waals surface area contributed by atoms with Crippen LogP contribution in [0.5, 0.6) is 0 Å². The summed E-state index contributed by atoms with van der Waals surface area (Å²) in [6.07, 6.45) is 2.27. The molecule has 7 nitrogen and oxygen atoms in total. The Morgan fingerprint density at radius 3 is 2.74 bits per heavy atom. The minimum absolute atomic E-state index is 0.0688. The smallest absolute Gasteiger partial charge is 0.255 e. The summed E-state index contributed by atoms with van der Waals surface area (Å²) in [7, 11) is 0. The summed E-state index contributed by atoms with van der Waals surface area (Å²) >= 11 is 1.32. The van der Waals surface area contributed by atoms with Crippen molar-refractivity contribution in [1.29, 1.82) is 0 Å². The first-order valence-corrected chi connectivity index (χ1v) is 11.9. The fourth-order valence-electron chi connectivity index (χ4n) is 4.24. The number of hydrogen-bond acceptors (Lipinski definition) is 5. The predicted octanol–water partition coefficient (Wildman–Crippen LogP) is 3.60. The van der Waals surface area contributed by atoms with Gasteiger partial charge in [-0.2, -0.15) is 0 Å². The van der Waals surface area contributed by atoms with Crippen LogP contribution in [-0.4, -0.2) is 40.2 Å². The van der Waals surface area contributed by atoms with Gasteiger partial charge in [-0.25, -0.2) is 9.37 Å². The zero-order valence-corrected chi connectivity index (χ0v) is 19.3. The third kappa shape index (κ3) is 4.43. The van der Waals surface area contributed by atoms with Crippen LogP contribution in [-0.2, 0) is 16.0 Å². The van der Waals surface area contributed by atoms with Crippen LogP contribution in [0.3, 0.4) is 0 Å². The van der Waals surface area contributed by atoms with Gasteiger partial charge in [0.05, 0.1) is 12.2 Å². The van der Waals surface area contributed by atoms with Gasteiger partial charge in [-0.1, -0.05) is 30.3 Å². The van der Waals surface area contributed by atoms with Crippen molar-refractivity contribution < 1.29 is 18.8 Å². The topological polar surface area (TPSA) is 91.4 Å². The number of aromatic nitrogens is 1. The number of hydrogen-bond donors (Lipinski definition) is 2. The summed E-state index contributed by atoms with van der Waals surface area (Å²) in [5, 5.41) is 5.82. The molecule has 2 heterocycles. The van der Waals surface area contributed by atoms with E-state index in [1.54, 1.807) is 29.2 Å².